The molecule has 1 saturated heterocycles. The molecule has 1 heterocycles. The molecule has 1 fully saturated rings. The number of benzene rings is 1. The molecular weight excluding hydrogens is 236 g/mol. The minimum absolute atomic E-state index is 0.443. The van der Waals surface area contributed by atoms with Gasteiger partial charge < -0.3 is 10.1 Å². The van der Waals surface area contributed by atoms with E-state index in [1.54, 1.807) is 0 Å². The van der Waals surface area contributed by atoms with Crippen LogP contribution in [0.2, 0.25) is 0 Å². The van der Waals surface area contributed by atoms with Crippen molar-refractivity contribution in [2.75, 3.05) is 33.3 Å². The predicted octanol–water partition coefficient (Wildman–Crippen LogP) is 2.83. The van der Waals surface area contributed by atoms with Crippen LogP contribution < -0.4 is 10.1 Å². The molecule has 3 heteroatoms. The van der Waals surface area contributed by atoms with E-state index < -0.39 is 0 Å². The molecule has 1 unspecified atom stereocenters. The van der Waals surface area contributed by atoms with Crippen molar-refractivity contribution in [2.24, 2.45) is 0 Å². The lowest BCUT2D eigenvalue weighted by atomic mass is 10.1. The highest BCUT2D eigenvalue weighted by Crippen LogP contribution is 2.19. The SMILES string of the molecule is CCC(NC)c1ccc(OCCN2CCCC2)cc1. The fraction of sp³-hybridized carbons (Fsp3) is 0.625. The Morgan fingerprint density at radius 1 is 1.21 bits per heavy atom. The molecule has 0 aliphatic carbocycles. The van der Waals surface area contributed by atoms with E-state index in [0.717, 1.165) is 25.3 Å². The van der Waals surface area contributed by atoms with Crippen LogP contribution in [-0.2, 0) is 0 Å². The lowest BCUT2D eigenvalue weighted by Gasteiger charge is -2.16. The van der Waals surface area contributed by atoms with E-state index in [9.17, 15) is 0 Å². The lowest BCUT2D eigenvalue weighted by molar-refractivity contribution is 0.237. The van der Waals surface area contributed by atoms with Crippen molar-refractivity contribution in [3.8, 4) is 5.75 Å². The minimum Gasteiger partial charge on any atom is -0.492 e. The summed E-state index contributed by atoms with van der Waals surface area (Å²) < 4.78 is 5.81. The van der Waals surface area contributed by atoms with Crippen molar-refractivity contribution in [2.45, 2.75) is 32.2 Å². The summed E-state index contributed by atoms with van der Waals surface area (Å²) in [6.45, 7) is 6.52. The molecule has 1 aromatic rings. The zero-order valence-electron chi connectivity index (χ0n) is 12.2. The highest BCUT2D eigenvalue weighted by molar-refractivity contribution is 5.29. The fourth-order valence-electron chi connectivity index (χ4n) is 2.70. The highest BCUT2D eigenvalue weighted by atomic mass is 16.5. The molecule has 0 saturated carbocycles. The van der Waals surface area contributed by atoms with Crippen LogP contribution in [-0.4, -0.2) is 38.2 Å². The molecule has 3 nitrogen and oxygen atoms in total. The average Bonchev–Trinajstić information content (AvgIpc) is 2.95. The van der Waals surface area contributed by atoms with E-state index in [1.165, 1.54) is 31.5 Å². The number of nitrogens with zero attached hydrogens (tertiary/aromatic N) is 1. The van der Waals surface area contributed by atoms with Crippen LogP contribution in [0.3, 0.4) is 0 Å². The molecule has 0 radical (unpaired) electrons. The quantitative estimate of drug-likeness (QED) is 0.818. The van der Waals surface area contributed by atoms with E-state index >= 15 is 0 Å². The first-order valence-corrected chi connectivity index (χ1v) is 7.46. The highest BCUT2D eigenvalue weighted by Gasteiger charge is 2.11. The van der Waals surface area contributed by atoms with Crippen molar-refractivity contribution in [3.05, 3.63) is 29.8 Å². The zero-order valence-corrected chi connectivity index (χ0v) is 12.2. The van der Waals surface area contributed by atoms with Crippen LogP contribution in [0, 0.1) is 0 Å². The van der Waals surface area contributed by atoms with Gasteiger partial charge in [0, 0.05) is 12.6 Å². The van der Waals surface area contributed by atoms with Gasteiger partial charge in [0.05, 0.1) is 0 Å². The smallest absolute Gasteiger partial charge is 0.119 e. The van der Waals surface area contributed by atoms with Crippen molar-refractivity contribution < 1.29 is 4.74 Å². The second-order valence-corrected chi connectivity index (χ2v) is 5.22. The largest absolute Gasteiger partial charge is 0.492 e. The third-order valence-electron chi connectivity index (χ3n) is 3.91. The van der Waals surface area contributed by atoms with Gasteiger partial charge in [-0.2, -0.15) is 0 Å². The van der Waals surface area contributed by atoms with Crippen molar-refractivity contribution in [1.29, 1.82) is 0 Å². The molecule has 1 atom stereocenters. The molecule has 19 heavy (non-hydrogen) atoms. The molecule has 0 aromatic heterocycles. The predicted molar refractivity (Wildman–Crippen MR) is 79.7 cm³/mol. The van der Waals surface area contributed by atoms with E-state index in [2.05, 4.69) is 41.4 Å². The zero-order chi connectivity index (χ0) is 13.5. The van der Waals surface area contributed by atoms with Gasteiger partial charge in [0.2, 0.25) is 0 Å². The van der Waals surface area contributed by atoms with Crippen LogP contribution in [0.1, 0.15) is 37.8 Å². The second kappa shape index (κ2) is 7.51. The van der Waals surface area contributed by atoms with Crippen molar-refractivity contribution in [3.63, 3.8) is 0 Å². The van der Waals surface area contributed by atoms with E-state index in [1.807, 2.05) is 7.05 Å². The third kappa shape index (κ3) is 4.22. The Hall–Kier alpha value is -1.06. The topological polar surface area (TPSA) is 24.5 Å². The molecule has 0 spiro atoms. The lowest BCUT2D eigenvalue weighted by Crippen LogP contribution is -2.25. The van der Waals surface area contributed by atoms with E-state index in [-0.39, 0.29) is 0 Å². The first-order valence-electron chi connectivity index (χ1n) is 7.46. The summed E-state index contributed by atoms with van der Waals surface area (Å²) in [5.41, 5.74) is 1.33. The summed E-state index contributed by atoms with van der Waals surface area (Å²) in [6, 6.07) is 8.93. The van der Waals surface area contributed by atoms with E-state index in [0.29, 0.717) is 6.04 Å². The van der Waals surface area contributed by atoms with Crippen LogP contribution in [0.5, 0.6) is 5.75 Å². The molecule has 1 aliphatic heterocycles. The molecule has 0 bridgehead atoms. The van der Waals surface area contributed by atoms with Crippen LogP contribution in [0.4, 0.5) is 0 Å². The van der Waals surface area contributed by atoms with Gasteiger partial charge in [-0.25, -0.2) is 0 Å². The number of rotatable bonds is 7. The maximum atomic E-state index is 5.81. The Balaban J connectivity index is 1.77. The maximum Gasteiger partial charge on any atom is 0.119 e. The van der Waals surface area contributed by atoms with E-state index in [4.69, 9.17) is 4.74 Å². The van der Waals surface area contributed by atoms with Crippen molar-refractivity contribution >= 4 is 0 Å². The monoisotopic (exact) mass is 262 g/mol. The summed E-state index contributed by atoms with van der Waals surface area (Å²) in [6.07, 6.45) is 3.79. The number of hydrogen-bond acceptors (Lipinski definition) is 3. The van der Waals surface area contributed by atoms with Gasteiger partial charge >= 0.3 is 0 Å². The minimum atomic E-state index is 0.443. The Morgan fingerprint density at radius 3 is 2.47 bits per heavy atom. The van der Waals surface area contributed by atoms with Gasteiger partial charge in [0.25, 0.3) is 0 Å². The summed E-state index contributed by atoms with van der Waals surface area (Å²) in [5, 5.41) is 3.32. The van der Waals surface area contributed by atoms with Gasteiger partial charge in [-0.3, -0.25) is 4.90 Å². The van der Waals surface area contributed by atoms with Crippen LogP contribution >= 0.6 is 0 Å². The van der Waals surface area contributed by atoms with Crippen molar-refractivity contribution in [1.82, 2.24) is 10.2 Å². The molecule has 1 aliphatic rings. The Kier molecular flexibility index (Phi) is 5.67. The normalized spacial score (nSPS) is 17.6. The molecule has 1 aromatic carbocycles. The average molecular weight is 262 g/mol. The van der Waals surface area contributed by atoms with Crippen LogP contribution in [0.25, 0.3) is 0 Å². The number of likely N-dealkylation sites (tertiary alicyclic amines) is 1. The third-order valence-corrected chi connectivity index (χ3v) is 3.91. The standard InChI is InChI=1S/C16H26N2O/c1-3-16(17-2)14-6-8-15(9-7-14)19-13-12-18-10-4-5-11-18/h6-9,16-17H,3-5,10-13H2,1-2H3. The molecule has 106 valence electrons. The molecule has 2 rings (SSSR count). The Labute approximate surface area is 116 Å². The van der Waals surface area contributed by atoms with Gasteiger partial charge in [-0.05, 0) is 57.1 Å². The number of nitrogens with one attached hydrogen (secondary N) is 1. The van der Waals surface area contributed by atoms with Gasteiger partial charge in [-0.1, -0.05) is 19.1 Å². The summed E-state index contributed by atoms with van der Waals surface area (Å²) >= 11 is 0. The number of hydrogen-bond donors (Lipinski definition) is 1. The maximum absolute atomic E-state index is 5.81. The summed E-state index contributed by atoms with van der Waals surface area (Å²) in [5.74, 6) is 0.980. The van der Waals surface area contributed by atoms with Gasteiger partial charge in [0.15, 0.2) is 0 Å². The van der Waals surface area contributed by atoms with Crippen LogP contribution in [0.15, 0.2) is 24.3 Å². The molecule has 1 N–H and O–H groups in total. The molecular formula is C16H26N2O. The first-order chi connectivity index (χ1) is 9.33. The first kappa shape index (κ1) is 14.4. The van der Waals surface area contributed by atoms with Gasteiger partial charge in [-0.15, -0.1) is 0 Å². The Morgan fingerprint density at radius 2 is 1.89 bits per heavy atom. The summed E-state index contributed by atoms with van der Waals surface area (Å²) in [4.78, 5) is 2.47. The summed E-state index contributed by atoms with van der Waals surface area (Å²) in [7, 11) is 2.01. The fourth-order valence-corrected chi connectivity index (χ4v) is 2.70. The number of ether oxygens (including phenoxy) is 1. The second-order valence-electron chi connectivity index (χ2n) is 5.22. The molecule has 0 amide bonds. The van der Waals surface area contributed by atoms with Gasteiger partial charge in [0.1, 0.15) is 12.4 Å². The Bertz CT molecular complexity index is 354.